The van der Waals surface area contributed by atoms with Crippen LogP contribution in [0.25, 0.3) is 10.2 Å². The maximum atomic E-state index is 12.2. The van der Waals surface area contributed by atoms with E-state index in [0.29, 0.717) is 30.6 Å². The second kappa shape index (κ2) is 7.70. The third kappa shape index (κ3) is 4.11. The van der Waals surface area contributed by atoms with Crippen molar-refractivity contribution < 1.29 is 4.79 Å². The lowest BCUT2D eigenvalue weighted by Crippen LogP contribution is -2.26. The minimum absolute atomic E-state index is 0.0540. The molecule has 7 heteroatoms. The fraction of sp³-hybridized carbons (Fsp3) is 0.316. The van der Waals surface area contributed by atoms with Crippen molar-refractivity contribution in [3.05, 3.63) is 56.4 Å². The number of benzene rings is 1. The molecule has 1 amide bonds. The van der Waals surface area contributed by atoms with Crippen LogP contribution in [-0.4, -0.2) is 22.4 Å². The van der Waals surface area contributed by atoms with Crippen LogP contribution >= 0.6 is 11.3 Å². The van der Waals surface area contributed by atoms with Gasteiger partial charge in [0.25, 0.3) is 5.56 Å². The van der Waals surface area contributed by atoms with Gasteiger partial charge in [-0.3, -0.25) is 9.59 Å². The number of rotatable bonds is 6. The predicted molar refractivity (Wildman–Crippen MR) is 106 cm³/mol. The molecular formula is C19H22N4O2S. The van der Waals surface area contributed by atoms with Crippen LogP contribution in [0.1, 0.15) is 28.2 Å². The van der Waals surface area contributed by atoms with Crippen LogP contribution in [0.5, 0.6) is 0 Å². The Hall–Kier alpha value is -2.67. The Balaban J connectivity index is 1.53. The van der Waals surface area contributed by atoms with Crippen molar-refractivity contribution in [2.45, 2.75) is 33.1 Å². The molecule has 0 fully saturated rings. The molecule has 2 heterocycles. The van der Waals surface area contributed by atoms with Crippen LogP contribution in [-0.2, 0) is 17.6 Å². The van der Waals surface area contributed by atoms with Gasteiger partial charge >= 0.3 is 0 Å². The van der Waals surface area contributed by atoms with E-state index >= 15 is 0 Å². The van der Waals surface area contributed by atoms with Gasteiger partial charge in [0.2, 0.25) is 5.91 Å². The number of hydrogen-bond donors (Lipinski definition) is 3. The van der Waals surface area contributed by atoms with E-state index in [2.05, 4.69) is 15.3 Å². The van der Waals surface area contributed by atoms with E-state index in [1.165, 1.54) is 11.3 Å². The first kappa shape index (κ1) is 18.1. The van der Waals surface area contributed by atoms with E-state index in [-0.39, 0.29) is 11.5 Å². The number of nitrogen functional groups attached to an aromatic ring is 1. The second-order valence-electron chi connectivity index (χ2n) is 6.32. The number of aromatic nitrogens is 2. The molecule has 3 aromatic rings. The number of H-pyrrole nitrogens is 1. The van der Waals surface area contributed by atoms with Crippen molar-refractivity contribution in [1.29, 1.82) is 0 Å². The molecule has 4 N–H and O–H groups in total. The number of thiophene rings is 1. The van der Waals surface area contributed by atoms with Gasteiger partial charge in [-0.1, -0.05) is 12.1 Å². The van der Waals surface area contributed by atoms with Gasteiger partial charge in [-0.15, -0.1) is 11.3 Å². The second-order valence-corrected chi connectivity index (χ2v) is 7.52. The Labute approximate surface area is 155 Å². The number of hydrogen-bond acceptors (Lipinski definition) is 5. The Morgan fingerprint density at radius 2 is 1.96 bits per heavy atom. The third-order valence-corrected chi connectivity index (χ3v) is 5.49. The molecule has 3 rings (SSSR count). The molecule has 0 aliphatic carbocycles. The zero-order valence-corrected chi connectivity index (χ0v) is 15.7. The van der Waals surface area contributed by atoms with E-state index < -0.39 is 0 Å². The molecule has 0 unspecified atom stereocenters. The Morgan fingerprint density at radius 1 is 1.23 bits per heavy atom. The number of nitrogens with one attached hydrogen (secondary N) is 2. The molecule has 0 atom stereocenters. The topological polar surface area (TPSA) is 101 Å². The minimum atomic E-state index is -0.129. The fourth-order valence-electron chi connectivity index (χ4n) is 2.77. The van der Waals surface area contributed by atoms with E-state index in [4.69, 9.17) is 5.73 Å². The number of anilines is 1. The zero-order chi connectivity index (χ0) is 18.7. The van der Waals surface area contributed by atoms with E-state index in [1.54, 1.807) is 0 Å². The molecule has 0 bridgehead atoms. The Bertz CT molecular complexity index is 989. The van der Waals surface area contributed by atoms with Gasteiger partial charge < -0.3 is 16.0 Å². The first-order valence-electron chi connectivity index (χ1n) is 8.54. The van der Waals surface area contributed by atoms with Gasteiger partial charge in [0.15, 0.2) is 0 Å². The lowest BCUT2D eigenvalue weighted by Gasteiger charge is -2.06. The van der Waals surface area contributed by atoms with Crippen LogP contribution in [0.2, 0.25) is 0 Å². The molecule has 0 radical (unpaired) electrons. The van der Waals surface area contributed by atoms with Crippen molar-refractivity contribution in [3.63, 3.8) is 0 Å². The number of fused-ring (bicyclic) bond motifs is 1. The molecule has 26 heavy (non-hydrogen) atoms. The van der Waals surface area contributed by atoms with Crippen LogP contribution in [0, 0.1) is 13.8 Å². The number of aryl methyl sites for hydroxylation is 3. The van der Waals surface area contributed by atoms with Gasteiger partial charge in [0, 0.05) is 30.0 Å². The van der Waals surface area contributed by atoms with Crippen molar-refractivity contribution in [2.75, 3.05) is 12.3 Å². The maximum absolute atomic E-state index is 12.2. The predicted octanol–water partition coefficient (Wildman–Crippen LogP) is 2.48. The number of aromatic amines is 1. The van der Waals surface area contributed by atoms with E-state index in [0.717, 1.165) is 32.9 Å². The lowest BCUT2D eigenvalue weighted by molar-refractivity contribution is -0.121. The number of nitrogens with zero attached hydrogens (tertiary/aromatic N) is 1. The summed E-state index contributed by atoms with van der Waals surface area (Å²) in [6.07, 6.45) is 1.45. The van der Waals surface area contributed by atoms with Crippen LogP contribution in [0.4, 0.5) is 5.69 Å². The van der Waals surface area contributed by atoms with Crippen molar-refractivity contribution in [1.82, 2.24) is 15.3 Å². The first-order valence-corrected chi connectivity index (χ1v) is 9.35. The summed E-state index contributed by atoms with van der Waals surface area (Å²) < 4.78 is 0. The summed E-state index contributed by atoms with van der Waals surface area (Å²) >= 11 is 1.51. The molecule has 6 nitrogen and oxygen atoms in total. The molecule has 0 aliphatic heterocycles. The van der Waals surface area contributed by atoms with Gasteiger partial charge in [-0.2, -0.15) is 0 Å². The highest BCUT2D eigenvalue weighted by molar-refractivity contribution is 7.18. The molecule has 0 aliphatic rings. The van der Waals surface area contributed by atoms with Crippen molar-refractivity contribution in [2.24, 2.45) is 0 Å². The minimum Gasteiger partial charge on any atom is -0.399 e. The quantitative estimate of drug-likeness (QED) is 0.580. The molecule has 1 aromatic carbocycles. The Morgan fingerprint density at radius 3 is 2.69 bits per heavy atom. The summed E-state index contributed by atoms with van der Waals surface area (Å²) in [5.41, 5.74) is 8.35. The summed E-state index contributed by atoms with van der Waals surface area (Å²) in [5.74, 6) is 0.499. The summed E-state index contributed by atoms with van der Waals surface area (Å²) in [4.78, 5) is 33.4. The SMILES string of the molecule is Cc1sc2nc(CCC(=O)NCCc3ccc(N)cc3)[nH]c(=O)c2c1C. The van der Waals surface area contributed by atoms with Crippen LogP contribution in [0.3, 0.4) is 0 Å². The average Bonchev–Trinajstić information content (AvgIpc) is 2.89. The van der Waals surface area contributed by atoms with Gasteiger partial charge in [-0.25, -0.2) is 4.98 Å². The molecule has 2 aromatic heterocycles. The normalized spacial score (nSPS) is 11.0. The largest absolute Gasteiger partial charge is 0.399 e. The molecule has 0 saturated heterocycles. The van der Waals surface area contributed by atoms with Gasteiger partial charge in [0.1, 0.15) is 10.7 Å². The number of amides is 1. The number of carbonyl (C=O) groups excluding carboxylic acids is 1. The highest BCUT2D eigenvalue weighted by Crippen LogP contribution is 2.25. The number of nitrogens with two attached hydrogens (primary N) is 1. The monoisotopic (exact) mass is 370 g/mol. The average molecular weight is 370 g/mol. The summed E-state index contributed by atoms with van der Waals surface area (Å²) in [6, 6.07) is 7.61. The highest BCUT2D eigenvalue weighted by Gasteiger charge is 2.12. The third-order valence-electron chi connectivity index (χ3n) is 4.39. The van der Waals surface area contributed by atoms with Crippen LogP contribution in [0.15, 0.2) is 29.1 Å². The van der Waals surface area contributed by atoms with E-state index in [9.17, 15) is 9.59 Å². The van der Waals surface area contributed by atoms with Crippen LogP contribution < -0.4 is 16.6 Å². The summed E-state index contributed by atoms with van der Waals surface area (Å²) in [7, 11) is 0. The molecule has 0 spiro atoms. The number of carbonyl (C=O) groups is 1. The summed E-state index contributed by atoms with van der Waals surface area (Å²) in [5, 5.41) is 3.55. The highest BCUT2D eigenvalue weighted by atomic mass is 32.1. The van der Waals surface area contributed by atoms with Gasteiger partial charge in [-0.05, 0) is 43.5 Å². The Kier molecular flexibility index (Phi) is 5.37. The lowest BCUT2D eigenvalue weighted by atomic mass is 10.1. The van der Waals surface area contributed by atoms with Crippen molar-refractivity contribution >= 4 is 33.1 Å². The zero-order valence-electron chi connectivity index (χ0n) is 14.9. The van der Waals surface area contributed by atoms with Gasteiger partial charge in [0.05, 0.1) is 5.39 Å². The molecule has 136 valence electrons. The molecular weight excluding hydrogens is 348 g/mol. The summed E-state index contributed by atoms with van der Waals surface area (Å²) in [6.45, 7) is 4.48. The van der Waals surface area contributed by atoms with E-state index in [1.807, 2.05) is 38.1 Å². The fourth-order valence-corrected chi connectivity index (χ4v) is 3.82. The standard InChI is InChI=1S/C19H22N4O2S/c1-11-12(2)26-19-17(11)18(25)22-15(23-19)7-8-16(24)21-10-9-13-3-5-14(20)6-4-13/h3-6H,7-10,20H2,1-2H3,(H,21,24)(H,22,23,25). The first-order chi connectivity index (χ1) is 12.4. The smallest absolute Gasteiger partial charge is 0.259 e. The van der Waals surface area contributed by atoms with Crippen molar-refractivity contribution in [3.8, 4) is 0 Å². The maximum Gasteiger partial charge on any atom is 0.259 e. The molecule has 0 saturated carbocycles.